The standard InChI is InChI=1S/C12H22N2O5/c1-7-19-10(17)14-11(2,3)8(15)13-12(4,5)9(16)18-6/h7H2,1-6H3,(H,13,15)(H,14,17). The molecule has 0 fully saturated rings. The van der Waals surface area contributed by atoms with Gasteiger partial charge >= 0.3 is 12.1 Å². The summed E-state index contributed by atoms with van der Waals surface area (Å²) >= 11 is 0. The fraction of sp³-hybridized carbons (Fsp3) is 0.750. The molecule has 0 unspecified atom stereocenters. The number of hydrogen-bond donors (Lipinski definition) is 2. The summed E-state index contributed by atoms with van der Waals surface area (Å²) in [5.74, 6) is -1.09. The lowest BCUT2D eigenvalue weighted by atomic mass is 10.00. The van der Waals surface area contributed by atoms with E-state index in [1.165, 1.54) is 34.8 Å². The maximum atomic E-state index is 12.1. The number of amides is 2. The Bertz CT molecular complexity index is 363. The SMILES string of the molecule is CCOC(=O)NC(C)(C)C(=O)NC(C)(C)C(=O)OC. The molecular formula is C12H22N2O5. The van der Waals surface area contributed by atoms with Crippen LogP contribution < -0.4 is 10.6 Å². The van der Waals surface area contributed by atoms with Crippen LogP contribution in [-0.4, -0.2) is 42.8 Å². The number of carbonyl (C=O) groups is 3. The van der Waals surface area contributed by atoms with Gasteiger partial charge in [0.15, 0.2) is 0 Å². The Balaban J connectivity index is 4.72. The minimum absolute atomic E-state index is 0.206. The number of alkyl carbamates (subject to hydrolysis) is 1. The molecule has 0 saturated carbocycles. The summed E-state index contributed by atoms with van der Waals surface area (Å²) in [5, 5.41) is 4.92. The van der Waals surface area contributed by atoms with Gasteiger partial charge in [0.25, 0.3) is 0 Å². The third-order valence-electron chi connectivity index (χ3n) is 2.38. The average molecular weight is 274 g/mol. The molecule has 0 spiro atoms. The van der Waals surface area contributed by atoms with Crippen LogP contribution in [0.4, 0.5) is 4.79 Å². The summed E-state index contributed by atoms with van der Waals surface area (Å²) in [6.07, 6.45) is -0.696. The summed E-state index contributed by atoms with van der Waals surface area (Å²) < 4.78 is 9.29. The van der Waals surface area contributed by atoms with E-state index in [0.717, 1.165) is 0 Å². The predicted molar refractivity (Wildman–Crippen MR) is 68.5 cm³/mol. The van der Waals surface area contributed by atoms with Gasteiger partial charge in [0.2, 0.25) is 5.91 Å². The minimum Gasteiger partial charge on any atom is -0.467 e. The summed E-state index contributed by atoms with van der Waals surface area (Å²) in [5.41, 5.74) is -2.39. The quantitative estimate of drug-likeness (QED) is 0.715. The lowest BCUT2D eigenvalue weighted by molar-refractivity contribution is -0.150. The van der Waals surface area contributed by atoms with Crippen molar-refractivity contribution in [1.82, 2.24) is 10.6 Å². The van der Waals surface area contributed by atoms with Gasteiger partial charge in [-0.3, -0.25) is 4.79 Å². The number of rotatable bonds is 5. The highest BCUT2D eigenvalue weighted by Crippen LogP contribution is 2.09. The molecule has 0 radical (unpaired) electrons. The van der Waals surface area contributed by atoms with Gasteiger partial charge in [-0.25, -0.2) is 9.59 Å². The van der Waals surface area contributed by atoms with E-state index in [4.69, 9.17) is 4.74 Å². The van der Waals surface area contributed by atoms with Gasteiger partial charge in [0.1, 0.15) is 11.1 Å². The van der Waals surface area contributed by atoms with Crippen molar-refractivity contribution in [3.63, 3.8) is 0 Å². The Morgan fingerprint density at radius 3 is 1.95 bits per heavy atom. The first-order chi connectivity index (χ1) is 8.56. The lowest BCUT2D eigenvalue weighted by Crippen LogP contribution is -2.61. The van der Waals surface area contributed by atoms with E-state index in [9.17, 15) is 14.4 Å². The van der Waals surface area contributed by atoms with Crippen molar-refractivity contribution >= 4 is 18.0 Å². The van der Waals surface area contributed by atoms with Crippen LogP contribution >= 0.6 is 0 Å². The number of esters is 1. The maximum absolute atomic E-state index is 12.1. The first-order valence-corrected chi connectivity index (χ1v) is 5.92. The molecule has 110 valence electrons. The molecule has 0 aromatic heterocycles. The molecule has 0 aliphatic carbocycles. The topological polar surface area (TPSA) is 93.7 Å². The zero-order valence-electron chi connectivity index (χ0n) is 12.2. The third kappa shape index (κ3) is 5.15. The monoisotopic (exact) mass is 274 g/mol. The average Bonchev–Trinajstić information content (AvgIpc) is 2.26. The number of ether oxygens (including phenoxy) is 2. The Hall–Kier alpha value is -1.79. The molecule has 7 heteroatoms. The fourth-order valence-corrected chi connectivity index (χ4v) is 1.23. The minimum atomic E-state index is -1.21. The Morgan fingerprint density at radius 1 is 1.00 bits per heavy atom. The van der Waals surface area contributed by atoms with E-state index >= 15 is 0 Å². The van der Waals surface area contributed by atoms with E-state index in [1.807, 2.05) is 0 Å². The second kappa shape index (κ2) is 6.40. The molecule has 2 amide bonds. The molecule has 7 nitrogen and oxygen atoms in total. The summed E-state index contributed by atoms with van der Waals surface area (Å²) in [7, 11) is 1.23. The molecule has 0 atom stereocenters. The first kappa shape index (κ1) is 17.2. The van der Waals surface area contributed by atoms with E-state index in [1.54, 1.807) is 6.92 Å². The van der Waals surface area contributed by atoms with Crippen molar-refractivity contribution in [2.45, 2.75) is 45.7 Å². The van der Waals surface area contributed by atoms with Crippen LogP contribution in [0.2, 0.25) is 0 Å². The van der Waals surface area contributed by atoms with Gasteiger partial charge < -0.3 is 20.1 Å². The van der Waals surface area contributed by atoms with E-state index in [0.29, 0.717) is 0 Å². The van der Waals surface area contributed by atoms with Crippen LogP contribution in [-0.2, 0) is 19.1 Å². The largest absolute Gasteiger partial charge is 0.467 e. The van der Waals surface area contributed by atoms with Gasteiger partial charge in [0.05, 0.1) is 13.7 Å². The van der Waals surface area contributed by atoms with Gasteiger partial charge in [-0.15, -0.1) is 0 Å². The zero-order chi connectivity index (χ0) is 15.3. The normalized spacial score (nSPS) is 11.5. The Labute approximate surface area is 113 Å². The second-order valence-corrected chi connectivity index (χ2v) is 5.04. The maximum Gasteiger partial charge on any atom is 0.407 e. The highest BCUT2D eigenvalue weighted by atomic mass is 16.5. The van der Waals surface area contributed by atoms with E-state index in [-0.39, 0.29) is 6.61 Å². The second-order valence-electron chi connectivity index (χ2n) is 5.04. The van der Waals surface area contributed by atoms with Crippen molar-refractivity contribution in [1.29, 1.82) is 0 Å². The highest BCUT2D eigenvalue weighted by Gasteiger charge is 2.37. The first-order valence-electron chi connectivity index (χ1n) is 5.92. The smallest absolute Gasteiger partial charge is 0.407 e. The van der Waals surface area contributed by atoms with Crippen molar-refractivity contribution in [3.8, 4) is 0 Å². The fourth-order valence-electron chi connectivity index (χ4n) is 1.23. The molecule has 0 saturated heterocycles. The highest BCUT2D eigenvalue weighted by molar-refractivity contribution is 5.93. The van der Waals surface area contributed by atoms with Crippen molar-refractivity contribution in [2.75, 3.05) is 13.7 Å². The van der Waals surface area contributed by atoms with Crippen LogP contribution in [0.3, 0.4) is 0 Å². The molecule has 2 N–H and O–H groups in total. The molecule has 0 rings (SSSR count). The number of methoxy groups -OCH3 is 1. The Kier molecular flexibility index (Phi) is 5.80. The predicted octanol–water partition coefficient (Wildman–Crippen LogP) is 0.579. The molecule has 0 aromatic carbocycles. The van der Waals surface area contributed by atoms with Crippen LogP contribution in [0.25, 0.3) is 0 Å². The van der Waals surface area contributed by atoms with Gasteiger partial charge in [-0.05, 0) is 34.6 Å². The molecular weight excluding hydrogens is 252 g/mol. The van der Waals surface area contributed by atoms with Gasteiger partial charge in [-0.1, -0.05) is 0 Å². The lowest BCUT2D eigenvalue weighted by Gasteiger charge is -2.30. The Morgan fingerprint density at radius 2 is 1.53 bits per heavy atom. The number of hydrogen-bond acceptors (Lipinski definition) is 5. The zero-order valence-corrected chi connectivity index (χ0v) is 12.2. The van der Waals surface area contributed by atoms with Gasteiger partial charge in [0, 0.05) is 0 Å². The van der Waals surface area contributed by atoms with Crippen molar-refractivity contribution < 1.29 is 23.9 Å². The molecule has 0 heterocycles. The van der Waals surface area contributed by atoms with Crippen molar-refractivity contribution in [3.05, 3.63) is 0 Å². The van der Waals surface area contributed by atoms with Crippen LogP contribution in [0, 0.1) is 0 Å². The molecule has 0 aliphatic rings. The molecule has 0 aromatic rings. The summed E-state index contributed by atoms with van der Waals surface area (Å²) in [6.45, 7) is 7.90. The molecule has 0 bridgehead atoms. The van der Waals surface area contributed by atoms with Gasteiger partial charge in [-0.2, -0.15) is 0 Å². The summed E-state index contributed by atoms with van der Waals surface area (Å²) in [4.78, 5) is 34.8. The molecule has 0 aliphatic heterocycles. The third-order valence-corrected chi connectivity index (χ3v) is 2.38. The van der Waals surface area contributed by atoms with Crippen LogP contribution in [0.15, 0.2) is 0 Å². The number of nitrogens with one attached hydrogen (secondary N) is 2. The van der Waals surface area contributed by atoms with E-state index in [2.05, 4.69) is 15.4 Å². The van der Waals surface area contributed by atoms with Crippen LogP contribution in [0.5, 0.6) is 0 Å². The van der Waals surface area contributed by atoms with Crippen LogP contribution in [0.1, 0.15) is 34.6 Å². The molecule has 19 heavy (non-hydrogen) atoms. The summed E-state index contributed by atoms with van der Waals surface area (Å²) in [6, 6.07) is 0. The van der Waals surface area contributed by atoms with Crippen molar-refractivity contribution in [2.24, 2.45) is 0 Å². The number of carbonyl (C=O) groups excluding carboxylic acids is 3. The van der Waals surface area contributed by atoms with E-state index < -0.39 is 29.0 Å².